The summed E-state index contributed by atoms with van der Waals surface area (Å²) < 4.78 is 0. The van der Waals surface area contributed by atoms with Gasteiger partial charge in [-0.25, -0.2) is 4.98 Å². The number of anilines is 2. The van der Waals surface area contributed by atoms with E-state index in [0.717, 1.165) is 22.6 Å². The molecule has 0 saturated carbocycles. The SMILES string of the molecule is CC1CCC(C)N1c1ccc(NC(=O)C(c2ccccc2)c2ccccc2)cn1. The molecule has 2 heterocycles. The number of carbonyl (C=O) groups excluding carboxylic acids is 1. The first kappa shape index (κ1) is 19.2. The van der Waals surface area contributed by atoms with E-state index in [1.54, 1.807) is 6.20 Å². The van der Waals surface area contributed by atoms with Crippen LogP contribution >= 0.6 is 0 Å². The molecule has 1 N–H and O–H groups in total. The van der Waals surface area contributed by atoms with Crippen molar-refractivity contribution in [3.05, 3.63) is 90.1 Å². The molecule has 4 heteroatoms. The number of rotatable bonds is 5. The van der Waals surface area contributed by atoms with E-state index >= 15 is 0 Å². The Labute approximate surface area is 172 Å². The van der Waals surface area contributed by atoms with Gasteiger partial charge in [-0.1, -0.05) is 60.7 Å². The van der Waals surface area contributed by atoms with Crippen LogP contribution in [0.15, 0.2) is 79.0 Å². The lowest BCUT2D eigenvalue weighted by atomic mass is 9.90. The van der Waals surface area contributed by atoms with Gasteiger partial charge < -0.3 is 10.2 Å². The first-order valence-corrected chi connectivity index (χ1v) is 10.3. The average Bonchev–Trinajstić information content (AvgIpc) is 3.08. The van der Waals surface area contributed by atoms with Crippen molar-refractivity contribution in [1.82, 2.24) is 4.98 Å². The number of hydrogen-bond acceptors (Lipinski definition) is 3. The topological polar surface area (TPSA) is 45.2 Å². The summed E-state index contributed by atoms with van der Waals surface area (Å²) in [7, 11) is 0. The number of pyridine rings is 1. The largest absolute Gasteiger partial charge is 0.351 e. The van der Waals surface area contributed by atoms with Crippen molar-refractivity contribution in [3.63, 3.8) is 0 Å². The van der Waals surface area contributed by atoms with E-state index < -0.39 is 0 Å². The fourth-order valence-corrected chi connectivity index (χ4v) is 4.26. The Morgan fingerprint density at radius 2 is 1.45 bits per heavy atom. The molecule has 0 bridgehead atoms. The Balaban J connectivity index is 1.55. The van der Waals surface area contributed by atoms with Gasteiger partial charge in [0.1, 0.15) is 5.82 Å². The summed E-state index contributed by atoms with van der Waals surface area (Å²) >= 11 is 0. The van der Waals surface area contributed by atoms with Crippen LogP contribution in [-0.2, 0) is 4.79 Å². The Kier molecular flexibility index (Phi) is 5.61. The molecule has 3 aromatic rings. The van der Waals surface area contributed by atoms with Gasteiger partial charge in [0.05, 0.1) is 17.8 Å². The first-order chi connectivity index (χ1) is 14.1. The van der Waals surface area contributed by atoms with Crippen molar-refractivity contribution in [2.24, 2.45) is 0 Å². The molecule has 0 spiro atoms. The van der Waals surface area contributed by atoms with Crippen molar-refractivity contribution >= 4 is 17.4 Å². The normalized spacial score (nSPS) is 18.8. The van der Waals surface area contributed by atoms with Crippen LogP contribution < -0.4 is 10.2 Å². The molecule has 1 fully saturated rings. The predicted molar refractivity (Wildman–Crippen MR) is 118 cm³/mol. The molecule has 2 aromatic carbocycles. The molecule has 4 nitrogen and oxygen atoms in total. The van der Waals surface area contributed by atoms with Gasteiger partial charge in [0.2, 0.25) is 5.91 Å². The highest BCUT2D eigenvalue weighted by atomic mass is 16.1. The third-order valence-electron chi connectivity index (χ3n) is 5.76. The number of nitrogens with one attached hydrogen (secondary N) is 1. The van der Waals surface area contributed by atoms with E-state index in [-0.39, 0.29) is 11.8 Å². The van der Waals surface area contributed by atoms with Gasteiger partial charge in [-0.15, -0.1) is 0 Å². The number of nitrogens with zero attached hydrogens (tertiary/aromatic N) is 2. The second-order valence-electron chi connectivity index (χ2n) is 7.83. The third-order valence-corrected chi connectivity index (χ3v) is 5.76. The van der Waals surface area contributed by atoms with Crippen molar-refractivity contribution in [3.8, 4) is 0 Å². The zero-order valence-electron chi connectivity index (χ0n) is 17.0. The molecule has 29 heavy (non-hydrogen) atoms. The Morgan fingerprint density at radius 3 is 1.93 bits per heavy atom. The van der Waals surface area contributed by atoms with E-state index in [1.165, 1.54) is 12.8 Å². The molecule has 148 valence electrons. The van der Waals surface area contributed by atoms with Gasteiger partial charge in [0, 0.05) is 12.1 Å². The smallest absolute Gasteiger partial charge is 0.236 e. The number of aromatic nitrogens is 1. The fraction of sp³-hybridized carbons (Fsp3) is 0.280. The van der Waals surface area contributed by atoms with E-state index in [4.69, 9.17) is 0 Å². The number of benzene rings is 2. The van der Waals surface area contributed by atoms with Crippen LogP contribution in [0.4, 0.5) is 11.5 Å². The standard InChI is InChI=1S/C25H27N3O/c1-18-13-14-19(2)28(18)23-16-15-22(17-26-23)27-25(29)24(20-9-5-3-6-10-20)21-11-7-4-8-12-21/h3-12,15-19,24H,13-14H2,1-2H3,(H,27,29). The molecule has 2 atom stereocenters. The Hall–Kier alpha value is -3.14. The molecule has 1 amide bonds. The van der Waals surface area contributed by atoms with Gasteiger partial charge in [0.25, 0.3) is 0 Å². The molecule has 1 aliphatic rings. The van der Waals surface area contributed by atoms with Gasteiger partial charge >= 0.3 is 0 Å². The van der Waals surface area contributed by atoms with Gasteiger partial charge in [-0.3, -0.25) is 4.79 Å². The summed E-state index contributed by atoms with van der Waals surface area (Å²) in [6.07, 6.45) is 4.15. The first-order valence-electron chi connectivity index (χ1n) is 10.3. The summed E-state index contributed by atoms with van der Waals surface area (Å²) in [5, 5.41) is 3.06. The third kappa shape index (κ3) is 4.16. The van der Waals surface area contributed by atoms with Crippen molar-refractivity contribution in [1.29, 1.82) is 0 Å². The second kappa shape index (κ2) is 8.48. The minimum absolute atomic E-state index is 0.0557. The van der Waals surface area contributed by atoms with Crippen molar-refractivity contribution in [2.45, 2.75) is 44.7 Å². The fourth-order valence-electron chi connectivity index (χ4n) is 4.26. The highest BCUT2D eigenvalue weighted by Gasteiger charge is 2.28. The van der Waals surface area contributed by atoms with Crippen LogP contribution in [0.5, 0.6) is 0 Å². The molecule has 0 radical (unpaired) electrons. The molecule has 1 saturated heterocycles. The monoisotopic (exact) mass is 385 g/mol. The maximum absolute atomic E-state index is 13.2. The summed E-state index contributed by atoms with van der Waals surface area (Å²) in [6, 6.07) is 24.7. The lowest BCUT2D eigenvalue weighted by Crippen LogP contribution is -2.33. The van der Waals surface area contributed by atoms with Gasteiger partial charge in [-0.05, 0) is 49.9 Å². The predicted octanol–water partition coefficient (Wildman–Crippen LogP) is 5.23. The summed E-state index contributed by atoms with van der Waals surface area (Å²) in [5.41, 5.74) is 2.66. The zero-order chi connectivity index (χ0) is 20.2. The minimum Gasteiger partial charge on any atom is -0.351 e. The van der Waals surface area contributed by atoms with E-state index in [0.29, 0.717) is 12.1 Å². The van der Waals surface area contributed by atoms with E-state index in [9.17, 15) is 4.79 Å². The van der Waals surface area contributed by atoms with Crippen molar-refractivity contribution in [2.75, 3.05) is 10.2 Å². The maximum atomic E-state index is 13.2. The molecule has 1 aromatic heterocycles. The zero-order valence-corrected chi connectivity index (χ0v) is 17.0. The highest BCUT2D eigenvalue weighted by molar-refractivity contribution is 5.98. The number of hydrogen-bond donors (Lipinski definition) is 1. The minimum atomic E-state index is -0.365. The Bertz CT molecular complexity index is 891. The van der Waals surface area contributed by atoms with Crippen LogP contribution in [-0.4, -0.2) is 23.0 Å². The Morgan fingerprint density at radius 1 is 0.897 bits per heavy atom. The van der Waals surface area contributed by atoms with Crippen LogP contribution in [0, 0.1) is 0 Å². The lowest BCUT2D eigenvalue weighted by Gasteiger charge is -2.27. The maximum Gasteiger partial charge on any atom is 0.236 e. The summed E-state index contributed by atoms with van der Waals surface area (Å²) in [4.78, 5) is 20.2. The highest BCUT2D eigenvalue weighted by Crippen LogP contribution is 2.30. The van der Waals surface area contributed by atoms with Crippen LogP contribution in [0.3, 0.4) is 0 Å². The second-order valence-corrected chi connectivity index (χ2v) is 7.83. The quantitative estimate of drug-likeness (QED) is 0.654. The molecule has 1 aliphatic heterocycles. The number of amides is 1. The van der Waals surface area contributed by atoms with E-state index in [2.05, 4.69) is 29.0 Å². The summed E-state index contributed by atoms with van der Waals surface area (Å²) in [6.45, 7) is 4.48. The lowest BCUT2D eigenvalue weighted by molar-refractivity contribution is -0.116. The average molecular weight is 386 g/mol. The molecule has 0 aliphatic carbocycles. The number of carbonyl (C=O) groups is 1. The van der Waals surface area contributed by atoms with Crippen molar-refractivity contribution < 1.29 is 4.79 Å². The van der Waals surface area contributed by atoms with E-state index in [1.807, 2.05) is 72.8 Å². The van der Waals surface area contributed by atoms with Crippen LogP contribution in [0.1, 0.15) is 43.7 Å². The van der Waals surface area contributed by atoms with Gasteiger partial charge in [0.15, 0.2) is 0 Å². The molecule has 4 rings (SSSR count). The van der Waals surface area contributed by atoms with Gasteiger partial charge in [-0.2, -0.15) is 0 Å². The summed E-state index contributed by atoms with van der Waals surface area (Å²) in [5.74, 6) is 0.554. The van der Waals surface area contributed by atoms with Crippen LogP contribution in [0.2, 0.25) is 0 Å². The molecular formula is C25H27N3O. The molecular weight excluding hydrogens is 358 g/mol. The molecule has 2 unspecified atom stereocenters. The van der Waals surface area contributed by atoms with Crippen LogP contribution in [0.25, 0.3) is 0 Å².